The third kappa shape index (κ3) is 6.06. The van der Waals surface area contributed by atoms with Gasteiger partial charge in [0.05, 0.1) is 10.3 Å². The molecule has 0 bridgehead atoms. The molecule has 2 aromatic heterocycles. The van der Waals surface area contributed by atoms with E-state index in [9.17, 15) is 18.8 Å². The number of aromatic nitrogens is 2. The van der Waals surface area contributed by atoms with E-state index in [0.717, 1.165) is 6.07 Å². The zero-order valence-electron chi connectivity index (χ0n) is 22.8. The van der Waals surface area contributed by atoms with Gasteiger partial charge in [0.25, 0.3) is 5.91 Å². The molecular weight excluding hydrogens is 568 g/mol. The van der Waals surface area contributed by atoms with Crippen LogP contribution in [0.5, 0.6) is 11.6 Å². The molecule has 3 amide bonds. The molecule has 0 saturated heterocycles. The minimum atomic E-state index is -1.29. The van der Waals surface area contributed by atoms with Crippen molar-refractivity contribution in [1.82, 2.24) is 15.3 Å². The van der Waals surface area contributed by atoms with Crippen molar-refractivity contribution in [2.24, 2.45) is 5.41 Å². The van der Waals surface area contributed by atoms with Gasteiger partial charge in [-0.05, 0) is 68.1 Å². The Morgan fingerprint density at radius 2 is 1.69 bits per heavy atom. The third-order valence-electron chi connectivity index (χ3n) is 6.83. The number of fused-ring (bicyclic) bond motifs is 1. The summed E-state index contributed by atoms with van der Waals surface area (Å²) in [4.78, 5) is 47.8. The fraction of sp³-hybridized carbons (Fsp3) is 0.276. The average molecular weight is 596 g/mol. The standard InChI is InChI=1S/C29H27F2N5O5S/c1-16-22-25(33-15-34-26(22)42-23(16)24(37)32-12-3-13-40-2)41-21-9-8-19(14-20(21)31)36-28(39)29(10-11-29)27(38)35-18-6-4-17(30)5-7-18/h4-9,14-15H,3,10-13H2,1-2H3,(H,32,37)(H,35,38)(H,36,39). The number of hydrogen-bond donors (Lipinski definition) is 3. The van der Waals surface area contributed by atoms with E-state index in [4.69, 9.17) is 9.47 Å². The average Bonchev–Trinajstić information content (AvgIpc) is 3.72. The van der Waals surface area contributed by atoms with Gasteiger partial charge in [-0.2, -0.15) is 0 Å². The van der Waals surface area contributed by atoms with E-state index in [2.05, 4.69) is 25.9 Å². The van der Waals surface area contributed by atoms with Crippen LogP contribution in [0, 0.1) is 24.0 Å². The molecule has 218 valence electrons. The molecule has 4 aromatic rings. The number of nitrogens with zero attached hydrogens (tertiary/aromatic N) is 2. The summed E-state index contributed by atoms with van der Waals surface area (Å²) in [7, 11) is 1.59. The predicted octanol–water partition coefficient (Wildman–Crippen LogP) is 5.19. The number of nitrogens with one attached hydrogen (secondary N) is 3. The van der Waals surface area contributed by atoms with Crippen LogP contribution in [-0.4, -0.2) is 48.0 Å². The lowest BCUT2D eigenvalue weighted by molar-refractivity contribution is -0.131. The van der Waals surface area contributed by atoms with Gasteiger partial charge in [0, 0.05) is 37.7 Å². The van der Waals surface area contributed by atoms with Crippen molar-refractivity contribution in [3.8, 4) is 11.6 Å². The number of hydrogen-bond acceptors (Lipinski definition) is 8. The summed E-state index contributed by atoms with van der Waals surface area (Å²) in [6.07, 6.45) is 2.59. The Morgan fingerprint density at radius 3 is 2.36 bits per heavy atom. The summed E-state index contributed by atoms with van der Waals surface area (Å²) < 4.78 is 39.1. The predicted molar refractivity (Wildman–Crippen MR) is 153 cm³/mol. The smallest absolute Gasteiger partial charge is 0.261 e. The number of ether oxygens (including phenoxy) is 2. The molecule has 13 heteroatoms. The zero-order chi connectivity index (χ0) is 29.9. The lowest BCUT2D eigenvalue weighted by Crippen LogP contribution is -2.35. The fourth-order valence-corrected chi connectivity index (χ4v) is 5.37. The van der Waals surface area contributed by atoms with Crippen molar-refractivity contribution in [2.45, 2.75) is 26.2 Å². The molecule has 1 aliphatic rings. The second-order valence-electron chi connectivity index (χ2n) is 9.76. The molecule has 10 nitrogen and oxygen atoms in total. The lowest BCUT2D eigenvalue weighted by atomic mass is 10.0. The van der Waals surface area contributed by atoms with Crippen LogP contribution in [0.25, 0.3) is 10.2 Å². The molecule has 0 spiro atoms. The Balaban J connectivity index is 1.27. The molecule has 1 saturated carbocycles. The summed E-state index contributed by atoms with van der Waals surface area (Å²) in [6, 6.07) is 9.07. The number of methoxy groups -OCH3 is 1. The SMILES string of the molecule is COCCCNC(=O)c1sc2ncnc(Oc3ccc(NC(=O)C4(C(=O)Nc5ccc(F)cc5)CC4)cc3F)c2c1C. The fourth-order valence-electron chi connectivity index (χ4n) is 4.31. The molecule has 1 aliphatic carbocycles. The van der Waals surface area contributed by atoms with Gasteiger partial charge in [-0.25, -0.2) is 18.7 Å². The molecule has 0 atom stereocenters. The largest absolute Gasteiger partial charge is 0.435 e. The zero-order valence-corrected chi connectivity index (χ0v) is 23.6. The molecule has 5 rings (SSSR count). The van der Waals surface area contributed by atoms with E-state index < -0.39 is 28.9 Å². The number of rotatable bonds is 11. The molecule has 0 aliphatic heterocycles. The summed E-state index contributed by atoms with van der Waals surface area (Å²) in [6.45, 7) is 2.72. The minimum Gasteiger partial charge on any atom is -0.435 e. The van der Waals surface area contributed by atoms with Crippen LogP contribution >= 0.6 is 11.3 Å². The van der Waals surface area contributed by atoms with E-state index in [1.54, 1.807) is 14.0 Å². The number of carbonyl (C=O) groups is 3. The van der Waals surface area contributed by atoms with E-state index in [-0.39, 0.29) is 23.2 Å². The van der Waals surface area contributed by atoms with E-state index >= 15 is 4.39 Å². The van der Waals surface area contributed by atoms with Gasteiger partial charge < -0.3 is 25.4 Å². The lowest BCUT2D eigenvalue weighted by Gasteiger charge is -2.16. The third-order valence-corrected chi connectivity index (χ3v) is 8.03. The quantitative estimate of drug-likeness (QED) is 0.161. The molecule has 2 aromatic carbocycles. The van der Waals surface area contributed by atoms with Gasteiger partial charge in [0.2, 0.25) is 17.7 Å². The molecule has 42 heavy (non-hydrogen) atoms. The number of benzene rings is 2. The number of aryl methyl sites for hydroxylation is 1. The first-order chi connectivity index (χ1) is 20.2. The number of amides is 3. The first-order valence-electron chi connectivity index (χ1n) is 13.1. The van der Waals surface area contributed by atoms with Crippen LogP contribution < -0.4 is 20.7 Å². The number of thiophene rings is 1. The first kappa shape index (κ1) is 29.0. The molecule has 0 unspecified atom stereocenters. The van der Waals surface area contributed by atoms with Crippen LogP contribution in [0.1, 0.15) is 34.5 Å². The Hall–Kier alpha value is -4.49. The first-order valence-corrected chi connectivity index (χ1v) is 13.9. The van der Waals surface area contributed by atoms with Crippen LogP contribution in [-0.2, 0) is 14.3 Å². The van der Waals surface area contributed by atoms with E-state index in [1.807, 2.05) is 0 Å². The van der Waals surface area contributed by atoms with Gasteiger partial charge in [0.15, 0.2) is 11.6 Å². The molecule has 1 fully saturated rings. The van der Waals surface area contributed by atoms with Crippen molar-refractivity contribution < 1.29 is 32.6 Å². The molecular formula is C29H27F2N5O5S. The second kappa shape index (κ2) is 12.2. The maximum Gasteiger partial charge on any atom is 0.261 e. The highest BCUT2D eigenvalue weighted by molar-refractivity contribution is 7.20. The number of carbonyl (C=O) groups excluding carboxylic acids is 3. The van der Waals surface area contributed by atoms with Crippen molar-refractivity contribution in [1.29, 1.82) is 0 Å². The Morgan fingerprint density at radius 1 is 1.00 bits per heavy atom. The van der Waals surface area contributed by atoms with Gasteiger partial charge in [-0.1, -0.05) is 0 Å². The second-order valence-corrected chi connectivity index (χ2v) is 10.8. The molecule has 2 heterocycles. The van der Waals surface area contributed by atoms with Gasteiger partial charge in [-0.15, -0.1) is 11.3 Å². The number of anilines is 2. The summed E-state index contributed by atoms with van der Waals surface area (Å²) in [5.74, 6) is -2.65. The van der Waals surface area contributed by atoms with Crippen molar-refractivity contribution in [2.75, 3.05) is 30.9 Å². The summed E-state index contributed by atoms with van der Waals surface area (Å²) in [5, 5.41) is 8.56. The molecule has 3 N–H and O–H groups in total. The van der Waals surface area contributed by atoms with Gasteiger partial charge in [0.1, 0.15) is 22.4 Å². The summed E-state index contributed by atoms with van der Waals surface area (Å²) >= 11 is 1.18. The minimum absolute atomic E-state index is 0.0808. The topological polar surface area (TPSA) is 132 Å². The maximum atomic E-state index is 15.1. The van der Waals surface area contributed by atoms with Gasteiger partial charge >= 0.3 is 0 Å². The van der Waals surface area contributed by atoms with Gasteiger partial charge in [-0.3, -0.25) is 14.4 Å². The molecule has 0 radical (unpaired) electrons. The van der Waals surface area contributed by atoms with Crippen LogP contribution in [0.15, 0.2) is 48.8 Å². The van der Waals surface area contributed by atoms with E-state index in [1.165, 1.54) is 54.1 Å². The van der Waals surface area contributed by atoms with Crippen LogP contribution in [0.2, 0.25) is 0 Å². The van der Waals surface area contributed by atoms with Crippen molar-refractivity contribution >= 4 is 50.6 Å². The Kier molecular flexibility index (Phi) is 8.41. The highest BCUT2D eigenvalue weighted by Gasteiger charge is 2.56. The monoisotopic (exact) mass is 595 g/mol. The van der Waals surface area contributed by atoms with Crippen molar-refractivity contribution in [3.63, 3.8) is 0 Å². The van der Waals surface area contributed by atoms with Crippen molar-refractivity contribution in [3.05, 3.63) is 70.9 Å². The highest BCUT2D eigenvalue weighted by atomic mass is 32.1. The Bertz CT molecular complexity index is 1660. The highest BCUT2D eigenvalue weighted by Crippen LogP contribution is 2.47. The van der Waals surface area contributed by atoms with E-state index in [0.29, 0.717) is 58.8 Å². The van der Waals surface area contributed by atoms with Crippen LogP contribution in [0.4, 0.5) is 20.2 Å². The Labute approximate surface area is 243 Å². The number of halogens is 2. The van der Waals surface area contributed by atoms with Crippen LogP contribution in [0.3, 0.4) is 0 Å². The summed E-state index contributed by atoms with van der Waals surface area (Å²) in [5.41, 5.74) is -0.190. The maximum absolute atomic E-state index is 15.1. The normalized spacial score (nSPS) is 13.4.